The zero-order valence-corrected chi connectivity index (χ0v) is 20.9. The van der Waals surface area contributed by atoms with Crippen LogP contribution in [0.5, 0.6) is 0 Å². The fourth-order valence-electron chi connectivity index (χ4n) is 4.53. The molecule has 2 fully saturated rings. The second-order valence-corrected chi connectivity index (χ2v) is 10.1. The highest BCUT2D eigenvalue weighted by Crippen LogP contribution is 2.31. The molecule has 7 nitrogen and oxygen atoms in total. The Morgan fingerprint density at radius 1 is 1.11 bits per heavy atom. The Hall–Kier alpha value is -2.50. The molecular weight excluding hydrogens is 493 g/mol. The van der Waals surface area contributed by atoms with Gasteiger partial charge in [-0.15, -0.1) is 11.3 Å². The summed E-state index contributed by atoms with van der Waals surface area (Å²) in [6.07, 6.45) is -0.471. The number of carbonyl (C=O) groups excluding carboxylic acids is 2. The SMILES string of the molecule is O=C(NCc1nc(-c2ccc(C(F)(F)F)cc2)cs1)[C@H]1CCCN(C(=O)COCCN2CCCC2)C1. The second-order valence-electron chi connectivity index (χ2n) is 9.20. The topological polar surface area (TPSA) is 74.8 Å². The standard InChI is InChI=1S/C25H31F3N4O3S/c26-25(27,28)20-7-5-18(6-8-20)21-17-36-22(30-21)14-29-24(34)19-4-3-11-32(15-19)23(33)16-35-13-12-31-9-1-2-10-31/h5-8,17,19H,1-4,9-16H2,(H,29,34)/t19-/m0/s1. The molecule has 0 bridgehead atoms. The van der Waals surface area contributed by atoms with E-state index >= 15 is 0 Å². The van der Waals surface area contributed by atoms with E-state index in [4.69, 9.17) is 4.74 Å². The van der Waals surface area contributed by atoms with Crippen LogP contribution < -0.4 is 5.32 Å². The van der Waals surface area contributed by atoms with Crippen LogP contribution in [0.3, 0.4) is 0 Å². The van der Waals surface area contributed by atoms with Crippen LogP contribution in [-0.4, -0.2) is 72.5 Å². The molecule has 0 spiro atoms. The third kappa shape index (κ3) is 7.27. The van der Waals surface area contributed by atoms with E-state index in [2.05, 4.69) is 15.2 Å². The average Bonchev–Trinajstić information content (AvgIpc) is 3.57. The number of aromatic nitrogens is 1. The molecule has 2 amide bonds. The van der Waals surface area contributed by atoms with Crippen molar-refractivity contribution in [3.05, 3.63) is 40.2 Å². The molecule has 0 unspecified atom stereocenters. The number of hydrogen-bond donors (Lipinski definition) is 1. The smallest absolute Gasteiger partial charge is 0.370 e. The highest BCUT2D eigenvalue weighted by Gasteiger charge is 2.30. The first kappa shape index (κ1) is 26.6. The summed E-state index contributed by atoms with van der Waals surface area (Å²) in [6.45, 7) is 4.83. The molecule has 2 saturated heterocycles. The van der Waals surface area contributed by atoms with Crippen molar-refractivity contribution in [2.45, 2.75) is 38.4 Å². The Kier molecular flexibility index (Phi) is 8.97. The Bertz CT molecular complexity index is 1020. The van der Waals surface area contributed by atoms with E-state index in [9.17, 15) is 22.8 Å². The van der Waals surface area contributed by atoms with Gasteiger partial charge in [0.05, 0.1) is 30.3 Å². The van der Waals surface area contributed by atoms with Crippen molar-refractivity contribution in [3.8, 4) is 11.3 Å². The maximum absolute atomic E-state index is 12.8. The maximum Gasteiger partial charge on any atom is 0.416 e. The summed E-state index contributed by atoms with van der Waals surface area (Å²) in [7, 11) is 0. The molecule has 2 aliphatic heterocycles. The van der Waals surface area contributed by atoms with Crippen LogP contribution in [0, 0.1) is 5.92 Å². The van der Waals surface area contributed by atoms with E-state index in [1.165, 1.54) is 36.3 Å². The minimum Gasteiger partial charge on any atom is -0.370 e. The van der Waals surface area contributed by atoms with Crippen LogP contribution in [-0.2, 0) is 27.0 Å². The number of alkyl halides is 3. The zero-order valence-electron chi connectivity index (χ0n) is 20.1. The third-order valence-electron chi connectivity index (χ3n) is 6.59. The number of amides is 2. The van der Waals surface area contributed by atoms with Gasteiger partial charge in [0.15, 0.2) is 0 Å². The first-order chi connectivity index (χ1) is 17.3. The summed E-state index contributed by atoms with van der Waals surface area (Å²) in [5.74, 6) is -0.509. The van der Waals surface area contributed by atoms with Crippen LogP contribution in [0.2, 0.25) is 0 Å². The van der Waals surface area contributed by atoms with Gasteiger partial charge < -0.3 is 19.9 Å². The fourth-order valence-corrected chi connectivity index (χ4v) is 5.27. The van der Waals surface area contributed by atoms with E-state index in [0.29, 0.717) is 42.4 Å². The van der Waals surface area contributed by atoms with Crippen LogP contribution in [0.15, 0.2) is 29.6 Å². The number of benzene rings is 1. The summed E-state index contributed by atoms with van der Waals surface area (Å²) in [4.78, 5) is 33.8. The predicted molar refractivity (Wildman–Crippen MR) is 130 cm³/mol. The van der Waals surface area contributed by atoms with Gasteiger partial charge in [0.25, 0.3) is 0 Å². The lowest BCUT2D eigenvalue weighted by atomic mass is 9.97. The lowest BCUT2D eigenvalue weighted by Gasteiger charge is -2.32. The number of piperidine rings is 1. The minimum absolute atomic E-state index is 0.0357. The van der Waals surface area contributed by atoms with Crippen molar-refractivity contribution in [1.29, 1.82) is 0 Å². The molecular formula is C25H31F3N4O3S. The fraction of sp³-hybridized carbons (Fsp3) is 0.560. The van der Waals surface area contributed by atoms with Crippen LogP contribution in [0.1, 0.15) is 36.3 Å². The third-order valence-corrected chi connectivity index (χ3v) is 7.44. The molecule has 11 heteroatoms. The predicted octanol–water partition coefficient (Wildman–Crippen LogP) is 3.80. The van der Waals surface area contributed by atoms with E-state index in [1.54, 1.807) is 10.3 Å². The Labute approximate surface area is 212 Å². The molecule has 36 heavy (non-hydrogen) atoms. The van der Waals surface area contributed by atoms with Gasteiger partial charge in [0, 0.05) is 30.6 Å². The van der Waals surface area contributed by atoms with Gasteiger partial charge in [-0.2, -0.15) is 13.2 Å². The largest absolute Gasteiger partial charge is 0.416 e. The molecule has 3 heterocycles. The van der Waals surface area contributed by atoms with Gasteiger partial charge in [-0.1, -0.05) is 12.1 Å². The van der Waals surface area contributed by atoms with Gasteiger partial charge in [-0.3, -0.25) is 9.59 Å². The van der Waals surface area contributed by atoms with Gasteiger partial charge in [0.2, 0.25) is 11.8 Å². The van der Waals surface area contributed by atoms with Gasteiger partial charge in [-0.05, 0) is 50.9 Å². The van der Waals surface area contributed by atoms with Gasteiger partial charge in [0.1, 0.15) is 11.6 Å². The quantitative estimate of drug-likeness (QED) is 0.506. The molecule has 1 atom stereocenters. The number of likely N-dealkylation sites (tertiary alicyclic amines) is 2. The number of carbonyl (C=O) groups is 2. The molecule has 1 N–H and O–H groups in total. The van der Waals surface area contributed by atoms with Crippen molar-refractivity contribution in [1.82, 2.24) is 20.1 Å². The van der Waals surface area contributed by atoms with E-state index in [1.807, 2.05) is 0 Å². The number of hydrogen-bond acceptors (Lipinski definition) is 6. The van der Waals surface area contributed by atoms with Crippen LogP contribution >= 0.6 is 11.3 Å². The molecule has 2 aliphatic rings. The van der Waals surface area contributed by atoms with E-state index < -0.39 is 11.7 Å². The van der Waals surface area contributed by atoms with Crippen molar-refractivity contribution in [2.75, 3.05) is 45.9 Å². The normalized spacial score (nSPS) is 19.0. The molecule has 2 aromatic rings. The number of halogens is 3. The first-order valence-corrected chi connectivity index (χ1v) is 13.1. The lowest BCUT2D eigenvalue weighted by Crippen LogP contribution is -2.46. The Morgan fingerprint density at radius 3 is 2.58 bits per heavy atom. The van der Waals surface area contributed by atoms with Gasteiger partial charge >= 0.3 is 6.18 Å². The highest BCUT2D eigenvalue weighted by molar-refractivity contribution is 7.09. The second kappa shape index (κ2) is 12.2. The van der Waals surface area contributed by atoms with Crippen LogP contribution in [0.4, 0.5) is 13.2 Å². The van der Waals surface area contributed by atoms with Crippen molar-refractivity contribution >= 4 is 23.2 Å². The summed E-state index contributed by atoms with van der Waals surface area (Å²) in [5, 5.41) is 5.31. The first-order valence-electron chi connectivity index (χ1n) is 12.3. The molecule has 0 saturated carbocycles. The van der Waals surface area contributed by atoms with E-state index in [-0.39, 0.29) is 30.9 Å². The Balaban J connectivity index is 1.20. The molecule has 196 valence electrons. The number of nitrogens with zero attached hydrogens (tertiary/aromatic N) is 3. The molecule has 1 aromatic carbocycles. The minimum atomic E-state index is -4.38. The van der Waals surface area contributed by atoms with Crippen molar-refractivity contribution in [3.63, 3.8) is 0 Å². The summed E-state index contributed by atoms with van der Waals surface area (Å²) in [5.41, 5.74) is 0.445. The van der Waals surface area contributed by atoms with Gasteiger partial charge in [-0.25, -0.2) is 4.98 Å². The summed E-state index contributed by atoms with van der Waals surface area (Å²) >= 11 is 1.34. The molecule has 0 aliphatic carbocycles. The van der Waals surface area contributed by atoms with Crippen LogP contribution in [0.25, 0.3) is 11.3 Å². The lowest BCUT2D eigenvalue weighted by molar-refractivity contribution is -0.140. The monoisotopic (exact) mass is 524 g/mol. The number of ether oxygens (including phenoxy) is 1. The Morgan fingerprint density at radius 2 is 1.86 bits per heavy atom. The zero-order chi connectivity index (χ0) is 25.5. The molecule has 1 aromatic heterocycles. The molecule has 0 radical (unpaired) electrons. The van der Waals surface area contributed by atoms with Crippen molar-refractivity contribution < 1.29 is 27.5 Å². The average molecular weight is 525 g/mol. The van der Waals surface area contributed by atoms with Crippen molar-refractivity contribution in [2.24, 2.45) is 5.92 Å². The summed E-state index contributed by atoms with van der Waals surface area (Å²) in [6, 6.07) is 4.85. The number of thiazole rings is 1. The molecule has 4 rings (SSSR count). The van der Waals surface area contributed by atoms with E-state index in [0.717, 1.165) is 38.2 Å². The summed E-state index contributed by atoms with van der Waals surface area (Å²) < 4.78 is 43.9. The highest BCUT2D eigenvalue weighted by atomic mass is 32.1. The number of rotatable bonds is 9. The maximum atomic E-state index is 12.8. The number of nitrogens with one attached hydrogen (secondary N) is 1.